The third-order valence-corrected chi connectivity index (χ3v) is 6.70. The molecule has 3 aromatic rings. The number of nitrogens with one attached hydrogen (secondary N) is 1. The second kappa shape index (κ2) is 9.04. The normalized spacial score (nSPS) is 14.8. The Morgan fingerprint density at radius 1 is 1.24 bits per heavy atom. The van der Waals surface area contributed by atoms with E-state index in [-0.39, 0.29) is 17.5 Å². The zero-order valence-corrected chi connectivity index (χ0v) is 17.7. The van der Waals surface area contributed by atoms with E-state index in [1.54, 1.807) is 12.1 Å². The molecule has 0 atom stereocenters. The van der Waals surface area contributed by atoms with Crippen molar-refractivity contribution in [3.8, 4) is 11.3 Å². The highest BCUT2D eigenvalue weighted by Crippen LogP contribution is 2.32. The van der Waals surface area contributed by atoms with Crippen molar-refractivity contribution in [1.82, 2.24) is 19.7 Å². The van der Waals surface area contributed by atoms with Crippen molar-refractivity contribution < 1.29 is 9.18 Å². The Morgan fingerprint density at radius 2 is 2.00 bits per heavy atom. The molecule has 1 amide bonds. The van der Waals surface area contributed by atoms with Crippen LogP contribution in [0.25, 0.3) is 11.3 Å². The number of carbonyl (C=O) groups excluding carboxylic acids is 1. The van der Waals surface area contributed by atoms with Crippen LogP contribution in [0.15, 0.2) is 34.8 Å². The van der Waals surface area contributed by atoms with Crippen LogP contribution in [-0.4, -0.2) is 31.4 Å². The third-order valence-electron chi connectivity index (χ3n) is 5.00. The minimum absolute atomic E-state index is 0.133. The number of thiazole rings is 1. The van der Waals surface area contributed by atoms with Gasteiger partial charge in [-0.3, -0.25) is 4.79 Å². The molecule has 1 aliphatic rings. The second-order valence-electron chi connectivity index (χ2n) is 7.07. The number of anilines is 1. The predicted molar refractivity (Wildman–Crippen MR) is 114 cm³/mol. The fourth-order valence-electron chi connectivity index (χ4n) is 3.58. The summed E-state index contributed by atoms with van der Waals surface area (Å²) in [6, 6.07) is 6.57. The second-order valence-corrected chi connectivity index (χ2v) is 8.87. The molecule has 2 heterocycles. The fourth-order valence-corrected chi connectivity index (χ4v) is 5.16. The fraction of sp³-hybridized carbons (Fsp3) is 0.400. The highest BCUT2D eigenvalue weighted by Gasteiger charge is 2.22. The quantitative estimate of drug-likeness (QED) is 0.551. The lowest BCUT2D eigenvalue weighted by atomic mass is 9.95. The SMILES string of the molecule is Cc1nnc(SCC(=O)Nc2nc(-c3ccc(F)cc3)cs2)n1C1CCCCC1. The summed E-state index contributed by atoms with van der Waals surface area (Å²) < 4.78 is 15.3. The van der Waals surface area contributed by atoms with E-state index in [4.69, 9.17) is 0 Å². The van der Waals surface area contributed by atoms with E-state index in [9.17, 15) is 9.18 Å². The molecule has 152 valence electrons. The number of hydrogen-bond donors (Lipinski definition) is 1. The number of halogens is 1. The minimum atomic E-state index is -0.286. The molecular formula is C20H22FN5OS2. The van der Waals surface area contributed by atoms with E-state index in [1.807, 2.05) is 12.3 Å². The zero-order valence-electron chi connectivity index (χ0n) is 16.1. The monoisotopic (exact) mass is 431 g/mol. The molecule has 2 aromatic heterocycles. The molecule has 0 unspecified atom stereocenters. The van der Waals surface area contributed by atoms with Gasteiger partial charge in [0.05, 0.1) is 11.4 Å². The lowest BCUT2D eigenvalue weighted by Gasteiger charge is -2.24. The van der Waals surface area contributed by atoms with Gasteiger partial charge in [0.25, 0.3) is 0 Å². The Hall–Kier alpha value is -2.26. The molecule has 0 spiro atoms. The Bertz CT molecular complexity index is 979. The van der Waals surface area contributed by atoms with E-state index < -0.39 is 0 Å². The number of rotatable bonds is 6. The molecule has 1 aliphatic carbocycles. The van der Waals surface area contributed by atoms with Crippen molar-refractivity contribution in [1.29, 1.82) is 0 Å². The maximum absolute atomic E-state index is 13.1. The summed E-state index contributed by atoms with van der Waals surface area (Å²) in [5, 5.41) is 14.5. The number of hydrogen-bond acceptors (Lipinski definition) is 6. The van der Waals surface area contributed by atoms with Gasteiger partial charge >= 0.3 is 0 Å². The zero-order chi connectivity index (χ0) is 20.2. The van der Waals surface area contributed by atoms with Gasteiger partial charge in [-0.15, -0.1) is 21.5 Å². The van der Waals surface area contributed by atoms with Gasteiger partial charge in [0.1, 0.15) is 11.6 Å². The average Bonchev–Trinajstić information content (AvgIpc) is 3.34. The van der Waals surface area contributed by atoms with Crippen LogP contribution in [0.3, 0.4) is 0 Å². The summed E-state index contributed by atoms with van der Waals surface area (Å²) in [4.78, 5) is 16.8. The van der Waals surface area contributed by atoms with Crippen LogP contribution >= 0.6 is 23.1 Å². The van der Waals surface area contributed by atoms with Gasteiger partial charge in [0.15, 0.2) is 10.3 Å². The van der Waals surface area contributed by atoms with Gasteiger partial charge in [0, 0.05) is 17.0 Å². The standard InChI is InChI=1S/C20H22FN5OS2/c1-13-24-25-20(26(13)16-5-3-2-4-6-16)29-12-18(27)23-19-22-17(11-28-19)14-7-9-15(21)10-8-14/h7-11,16H,2-6,12H2,1H3,(H,22,23,27). The number of thioether (sulfide) groups is 1. The van der Waals surface area contributed by atoms with E-state index in [1.165, 1.54) is 54.5 Å². The molecule has 1 fully saturated rings. The average molecular weight is 432 g/mol. The summed E-state index contributed by atoms with van der Waals surface area (Å²) in [6.07, 6.45) is 6.03. The van der Waals surface area contributed by atoms with Gasteiger partial charge in [-0.25, -0.2) is 9.37 Å². The maximum Gasteiger partial charge on any atom is 0.236 e. The van der Waals surface area contributed by atoms with E-state index in [0.717, 1.165) is 29.4 Å². The number of aromatic nitrogens is 4. The van der Waals surface area contributed by atoms with E-state index in [2.05, 4.69) is 25.1 Å². The van der Waals surface area contributed by atoms with Gasteiger partial charge in [-0.1, -0.05) is 31.0 Å². The van der Waals surface area contributed by atoms with Crippen LogP contribution in [0.2, 0.25) is 0 Å². The van der Waals surface area contributed by atoms with Crippen LogP contribution < -0.4 is 5.32 Å². The molecule has 0 radical (unpaired) electrons. The highest BCUT2D eigenvalue weighted by atomic mass is 32.2. The Balaban J connectivity index is 1.36. The first kappa shape index (κ1) is 20.0. The molecule has 0 aliphatic heterocycles. The van der Waals surface area contributed by atoms with Crippen molar-refractivity contribution in [3.63, 3.8) is 0 Å². The summed E-state index contributed by atoms with van der Waals surface area (Å²) in [5.41, 5.74) is 1.53. The summed E-state index contributed by atoms with van der Waals surface area (Å²) in [7, 11) is 0. The van der Waals surface area contributed by atoms with Crippen molar-refractivity contribution >= 4 is 34.1 Å². The molecule has 1 aromatic carbocycles. The van der Waals surface area contributed by atoms with Crippen LogP contribution in [-0.2, 0) is 4.79 Å². The first-order valence-electron chi connectivity index (χ1n) is 9.66. The van der Waals surface area contributed by atoms with Crippen molar-refractivity contribution in [3.05, 3.63) is 41.3 Å². The van der Waals surface area contributed by atoms with Crippen molar-refractivity contribution in [2.75, 3.05) is 11.1 Å². The molecule has 1 saturated carbocycles. The van der Waals surface area contributed by atoms with Gasteiger partial charge in [0.2, 0.25) is 5.91 Å². The van der Waals surface area contributed by atoms with Gasteiger partial charge < -0.3 is 9.88 Å². The predicted octanol–water partition coefficient (Wildman–Crippen LogP) is 5.09. The number of benzene rings is 1. The smallest absolute Gasteiger partial charge is 0.236 e. The molecular weight excluding hydrogens is 409 g/mol. The van der Waals surface area contributed by atoms with Crippen molar-refractivity contribution in [2.24, 2.45) is 0 Å². The lowest BCUT2D eigenvalue weighted by Crippen LogP contribution is -2.17. The molecule has 29 heavy (non-hydrogen) atoms. The molecule has 0 saturated heterocycles. The Kier molecular flexibility index (Phi) is 6.25. The number of carbonyl (C=O) groups is 1. The Morgan fingerprint density at radius 3 is 2.76 bits per heavy atom. The van der Waals surface area contributed by atoms with E-state index in [0.29, 0.717) is 16.9 Å². The highest BCUT2D eigenvalue weighted by molar-refractivity contribution is 7.99. The molecule has 6 nitrogen and oxygen atoms in total. The van der Waals surface area contributed by atoms with Crippen molar-refractivity contribution in [2.45, 2.75) is 50.2 Å². The summed E-state index contributed by atoms with van der Waals surface area (Å²) >= 11 is 2.76. The van der Waals surface area contributed by atoms with Gasteiger partial charge in [-0.05, 0) is 44.0 Å². The van der Waals surface area contributed by atoms with Crippen LogP contribution in [0.4, 0.5) is 9.52 Å². The number of aryl methyl sites for hydroxylation is 1. The number of nitrogens with zero attached hydrogens (tertiary/aromatic N) is 4. The Labute approximate surface area is 177 Å². The first-order valence-corrected chi connectivity index (χ1v) is 11.5. The third kappa shape index (κ3) is 4.84. The lowest BCUT2D eigenvalue weighted by molar-refractivity contribution is -0.113. The number of amides is 1. The first-order chi connectivity index (χ1) is 14.1. The molecule has 4 rings (SSSR count). The topological polar surface area (TPSA) is 72.7 Å². The molecule has 9 heteroatoms. The summed E-state index contributed by atoms with van der Waals surface area (Å²) in [5.74, 6) is 0.733. The van der Waals surface area contributed by atoms with Crippen LogP contribution in [0.1, 0.15) is 44.0 Å². The van der Waals surface area contributed by atoms with Gasteiger partial charge in [-0.2, -0.15) is 0 Å². The maximum atomic E-state index is 13.1. The van der Waals surface area contributed by atoms with Crippen LogP contribution in [0, 0.1) is 12.7 Å². The largest absolute Gasteiger partial charge is 0.303 e. The molecule has 0 bridgehead atoms. The molecule has 1 N–H and O–H groups in total. The minimum Gasteiger partial charge on any atom is -0.303 e. The summed E-state index contributed by atoms with van der Waals surface area (Å²) in [6.45, 7) is 1.97. The van der Waals surface area contributed by atoms with Crippen LogP contribution in [0.5, 0.6) is 0 Å². The van der Waals surface area contributed by atoms with E-state index >= 15 is 0 Å².